The summed E-state index contributed by atoms with van der Waals surface area (Å²) >= 11 is 0. The predicted molar refractivity (Wildman–Crippen MR) is 63.8 cm³/mol. The van der Waals surface area contributed by atoms with Crippen LogP contribution >= 0.6 is 0 Å². The van der Waals surface area contributed by atoms with Gasteiger partial charge in [-0.25, -0.2) is 5.11 Å². The zero-order valence-corrected chi connectivity index (χ0v) is 9.86. The van der Waals surface area contributed by atoms with Crippen LogP contribution < -0.4 is 4.90 Å². The van der Waals surface area contributed by atoms with E-state index in [9.17, 15) is 5.11 Å². The highest BCUT2D eigenvalue weighted by molar-refractivity contribution is 5.48. The second kappa shape index (κ2) is 5.76. The number of benzene rings is 1. The highest BCUT2D eigenvalue weighted by Crippen LogP contribution is 2.16. The first-order valence-electron chi connectivity index (χ1n) is 5.53. The average molecular weight is 206 g/mol. The molecule has 0 N–H and O–H groups in total. The predicted octanol–water partition coefficient (Wildman–Crippen LogP) is 2.89. The molecule has 1 rings (SSSR count). The van der Waals surface area contributed by atoms with Crippen LogP contribution in [0.3, 0.4) is 0 Å². The van der Waals surface area contributed by atoms with Gasteiger partial charge in [-0.3, -0.25) is 0 Å². The van der Waals surface area contributed by atoms with Crippen LogP contribution in [0.2, 0.25) is 0 Å². The second-order valence-corrected chi connectivity index (χ2v) is 4.38. The number of hydrogen-bond donors (Lipinski definition) is 0. The van der Waals surface area contributed by atoms with E-state index in [0.717, 1.165) is 6.54 Å². The van der Waals surface area contributed by atoms with Crippen LogP contribution in [0.5, 0.6) is 0 Å². The van der Waals surface area contributed by atoms with Crippen molar-refractivity contribution < 1.29 is 5.11 Å². The summed E-state index contributed by atoms with van der Waals surface area (Å²) in [6.45, 7) is 7.93. The fourth-order valence-corrected chi connectivity index (χ4v) is 1.70. The summed E-state index contributed by atoms with van der Waals surface area (Å²) in [7, 11) is 0. The maximum Gasteiger partial charge on any atom is 0.0997 e. The van der Waals surface area contributed by atoms with Crippen molar-refractivity contribution >= 4 is 5.69 Å². The van der Waals surface area contributed by atoms with Crippen molar-refractivity contribution in [1.29, 1.82) is 0 Å². The standard InChI is InChI=1S/C13H20NO/c1-11(2)10-14(7-8-15)13-6-4-5-12(3)9-13/h4-6,9,11H,7-8,10H2,1-3H3. The summed E-state index contributed by atoms with van der Waals surface area (Å²) in [5.41, 5.74) is 2.41. The van der Waals surface area contributed by atoms with Crippen molar-refractivity contribution in [3.05, 3.63) is 29.8 Å². The molecule has 0 fully saturated rings. The fraction of sp³-hybridized carbons (Fsp3) is 0.538. The van der Waals surface area contributed by atoms with Crippen LogP contribution in [0.25, 0.3) is 0 Å². The second-order valence-electron chi connectivity index (χ2n) is 4.38. The molecule has 0 amide bonds. The molecule has 0 atom stereocenters. The van der Waals surface area contributed by atoms with Crippen molar-refractivity contribution in [3.63, 3.8) is 0 Å². The molecule has 0 spiro atoms. The highest BCUT2D eigenvalue weighted by atomic mass is 16.3. The van der Waals surface area contributed by atoms with Crippen LogP contribution in [0, 0.1) is 12.8 Å². The van der Waals surface area contributed by atoms with Gasteiger partial charge in [-0.1, -0.05) is 26.0 Å². The maximum absolute atomic E-state index is 10.7. The molecule has 0 heterocycles. The Hall–Kier alpha value is -1.02. The van der Waals surface area contributed by atoms with Gasteiger partial charge in [0.2, 0.25) is 0 Å². The number of hydrogen-bond acceptors (Lipinski definition) is 1. The first kappa shape index (κ1) is 12.1. The normalized spacial score (nSPS) is 10.7. The van der Waals surface area contributed by atoms with Crippen LogP contribution in [-0.2, 0) is 5.11 Å². The fourth-order valence-electron chi connectivity index (χ4n) is 1.70. The maximum atomic E-state index is 10.7. The molecule has 0 saturated heterocycles. The quantitative estimate of drug-likeness (QED) is 0.726. The summed E-state index contributed by atoms with van der Waals surface area (Å²) < 4.78 is 0. The van der Waals surface area contributed by atoms with E-state index in [-0.39, 0.29) is 6.61 Å². The summed E-state index contributed by atoms with van der Waals surface area (Å²) in [5.74, 6) is 0.581. The zero-order chi connectivity index (χ0) is 11.3. The highest BCUT2D eigenvalue weighted by Gasteiger charge is 2.07. The van der Waals surface area contributed by atoms with E-state index in [1.807, 2.05) is 6.07 Å². The van der Waals surface area contributed by atoms with E-state index >= 15 is 0 Å². The van der Waals surface area contributed by atoms with E-state index in [4.69, 9.17) is 0 Å². The molecule has 0 aliphatic heterocycles. The first-order chi connectivity index (χ1) is 7.13. The Kier molecular flexibility index (Phi) is 4.63. The molecule has 1 aromatic rings. The van der Waals surface area contributed by atoms with Crippen molar-refractivity contribution in [3.8, 4) is 0 Å². The van der Waals surface area contributed by atoms with E-state index in [2.05, 4.69) is 43.9 Å². The molecule has 83 valence electrons. The molecular formula is C13H20NO. The van der Waals surface area contributed by atoms with Crippen molar-refractivity contribution in [1.82, 2.24) is 0 Å². The van der Waals surface area contributed by atoms with Gasteiger partial charge in [0, 0.05) is 18.8 Å². The Morgan fingerprint density at radius 1 is 1.33 bits per heavy atom. The van der Waals surface area contributed by atoms with Gasteiger partial charge in [0.25, 0.3) is 0 Å². The third kappa shape index (κ3) is 3.92. The van der Waals surface area contributed by atoms with Crippen LogP contribution in [0.1, 0.15) is 19.4 Å². The SMILES string of the molecule is Cc1cccc(N(CC[O])CC(C)C)c1. The number of aryl methyl sites for hydroxylation is 1. The lowest BCUT2D eigenvalue weighted by molar-refractivity contribution is 0.199. The molecule has 0 aliphatic rings. The van der Waals surface area contributed by atoms with E-state index in [1.165, 1.54) is 11.3 Å². The number of nitrogens with zero attached hydrogens (tertiary/aromatic N) is 1. The Morgan fingerprint density at radius 3 is 2.60 bits per heavy atom. The molecule has 0 unspecified atom stereocenters. The molecule has 0 aromatic heterocycles. The third-order valence-electron chi connectivity index (χ3n) is 2.31. The average Bonchev–Trinajstić information content (AvgIpc) is 2.16. The summed E-state index contributed by atoms with van der Waals surface area (Å²) in [6.07, 6.45) is 0. The lowest BCUT2D eigenvalue weighted by atomic mass is 10.1. The molecule has 1 aromatic carbocycles. The summed E-state index contributed by atoms with van der Waals surface area (Å²) in [6, 6.07) is 8.33. The zero-order valence-electron chi connectivity index (χ0n) is 9.86. The van der Waals surface area contributed by atoms with Crippen LogP contribution in [0.4, 0.5) is 5.69 Å². The van der Waals surface area contributed by atoms with Gasteiger partial charge < -0.3 is 4.90 Å². The molecule has 0 aliphatic carbocycles. The Bertz CT molecular complexity index is 296. The minimum atomic E-state index is -0.0410. The summed E-state index contributed by atoms with van der Waals surface area (Å²) in [5, 5.41) is 10.7. The number of rotatable bonds is 5. The molecule has 15 heavy (non-hydrogen) atoms. The van der Waals surface area contributed by atoms with Gasteiger partial charge in [-0.15, -0.1) is 0 Å². The van der Waals surface area contributed by atoms with Gasteiger partial charge in [-0.05, 0) is 30.5 Å². The van der Waals surface area contributed by atoms with Crippen molar-refractivity contribution in [2.45, 2.75) is 20.8 Å². The van der Waals surface area contributed by atoms with E-state index in [0.29, 0.717) is 12.5 Å². The Balaban J connectivity index is 2.78. The van der Waals surface area contributed by atoms with Gasteiger partial charge in [0.1, 0.15) is 0 Å². The van der Waals surface area contributed by atoms with Crippen molar-refractivity contribution in [2.75, 3.05) is 24.6 Å². The summed E-state index contributed by atoms with van der Waals surface area (Å²) in [4.78, 5) is 2.17. The Morgan fingerprint density at radius 2 is 2.07 bits per heavy atom. The van der Waals surface area contributed by atoms with Gasteiger partial charge in [-0.2, -0.15) is 0 Å². The minimum absolute atomic E-state index is 0.0410. The van der Waals surface area contributed by atoms with Crippen molar-refractivity contribution in [2.24, 2.45) is 5.92 Å². The first-order valence-corrected chi connectivity index (χ1v) is 5.53. The third-order valence-corrected chi connectivity index (χ3v) is 2.31. The monoisotopic (exact) mass is 206 g/mol. The number of anilines is 1. The molecule has 2 heteroatoms. The van der Waals surface area contributed by atoms with Crippen LogP contribution in [-0.4, -0.2) is 19.7 Å². The Labute approximate surface area is 92.5 Å². The van der Waals surface area contributed by atoms with Gasteiger partial charge in [0.05, 0.1) is 6.61 Å². The minimum Gasteiger partial charge on any atom is -0.369 e. The topological polar surface area (TPSA) is 23.1 Å². The molecule has 0 bridgehead atoms. The lowest BCUT2D eigenvalue weighted by Crippen LogP contribution is -2.30. The van der Waals surface area contributed by atoms with Gasteiger partial charge in [0.15, 0.2) is 0 Å². The van der Waals surface area contributed by atoms with Crippen LogP contribution in [0.15, 0.2) is 24.3 Å². The molecular weight excluding hydrogens is 186 g/mol. The lowest BCUT2D eigenvalue weighted by Gasteiger charge is -2.25. The van der Waals surface area contributed by atoms with E-state index < -0.39 is 0 Å². The molecule has 2 nitrogen and oxygen atoms in total. The largest absolute Gasteiger partial charge is 0.369 e. The molecule has 1 radical (unpaired) electrons. The van der Waals surface area contributed by atoms with Gasteiger partial charge >= 0.3 is 0 Å². The molecule has 0 saturated carbocycles. The smallest absolute Gasteiger partial charge is 0.0997 e. The van der Waals surface area contributed by atoms with E-state index in [1.54, 1.807) is 0 Å².